The summed E-state index contributed by atoms with van der Waals surface area (Å²) < 4.78 is 1.24. The van der Waals surface area contributed by atoms with Crippen molar-refractivity contribution in [1.29, 1.82) is 0 Å². The van der Waals surface area contributed by atoms with Crippen LogP contribution in [0.15, 0.2) is 22.7 Å². The standard InChI is InChI=1S/C18H27BrN2/c1-13(2)17-11-20-18(8-4-5-9-18)12-21(17)16-7-6-14(3)10-15(16)19/h6-7,10,13,17,20H,4-5,8-9,11-12H2,1-3H3. The molecule has 21 heavy (non-hydrogen) atoms. The maximum absolute atomic E-state index is 3.90. The number of rotatable bonds is 2. The van der Waals surface area contributed by atoms with Crippen LogP contribution in [0.3, 0.4) is 0 Å². The van der Waals surface area contributed by atoms with Crippen LogP contribution in [0, 0.1) is 12.8 Å². The minimum atomic E-state index is 0.357. The first-order valence-electron chi connectivity index (χ1n) is 8.29. The van der Waals surface area contributed by atoms with Gasteiger partial charge in [-0.15, -0.1) is 0 Å². The number of nitrogens with zero attached hydrogens (tertiary/aromatic N) is 1. The van der Waals surface area contributed by atoms with Gasteiger partial charge in [0.2, 0.25) is 0 Å². The van der Waals surface area contributed by atoms with Crippen molar-refractivity contribution in [2.24, 2.45) is 5.92 Å². The van der Waals surface area contributed by atoms with Gasteiger partial charge < -0.3 is 10.2 Å². The monoisotopic (exact) mass is 350 g/mol. The van der Waals surface area contributed by atoms with Crippen molar-refractivity contribution in [2.75, 3.05) is 18.0 Å². The van der Waals surface area contributed by atoms with Gasteiger partial charge in [-0.25, -0.2) is 0 Å². The molecule has 3 rings (SSSR count). The smallest absolute Gasteiger partial charge is 0.0514 e. The predicted octanol–water partition coefficient (Wildman–Crippen LogP) is 4.50. The predicted molar refractivity (Wildman–Crippen MR) is 94.1 cm³/mol. The Balaban J connectivity index is 1.93. The summed E-state index contributed by atoms with van der Waals surface area (Å²) in [7, 11) is 0. The van der Waals surface area contributed by atoms with Crippen molar-refractivity contribution >= 4 is 21.6 Å². The van der Waals surface area contributed by atoms with E-state index in [9.17, 15) is 0 Å². The Kier molecular flexibility index (Phi) is 4.33. The average molecular weight is 351 g/mol. The summed E-state index contributed by atoms with van der Waals surface area (Å²) in [6.45, 7) is 9.10. The number of nitrogens with one attached hydrogen (secondary N) is 1. The van der Waals surface area contributed by atoms with E-state index >= 15 is 0 Å². The first-order valence-corrected chi connectivity index (χ1v) is 9.08. The SMILES string of the molecule is Cc1ccc(N2CC3(CCCC3)NCC2C(C)C)c(Br)c1. The second-order valence-corrected chi connectivity index (χ2v) is 8.12. The van der Waals surface area contributed by atoms with Gasteiger partial charge in [-0.05, 0) is 59.3 Å². The van der Waals surface area contributed by atoms with Gasteiger partial charge in [0.05, 0.1) is 5.69 Å². The van der Waals surface area contributed by atoms with Crippen molar-refractivity contribution in [3.63, 3.8) is 0 Å². The number of hydrogen-bond acceptors (Lipinski definition) is 2. The number of anilines is 1. The molecule has 1 atom stereocenters. The molecule has 116 valence electrons. The van der Waals surface area contributed by atoms with Gasteiger partial charge in [0.15, 0.2) is 0 Å². The van der Waals surface area contributed by atoms with E-state index in [0.717, 1.165) is 13.1 Å². The minimum absolute atomic E-state index is 0.357. The summed E-state index contributed by atoms with van der Waals surface area (Å²) in [4.78, 5) is 2.66. The van der Waals surface area contributed by atoms with Gasteiger partial charge in [0.1, 0.15) is 0 Å². The van der Waals surface area contributed by atoms with Crippen LogP contribution in [0.2, 0.25) is 0 Å². The second kappa shape index (κ2) is 5.92. The van der Waals surface area contributed by atoms with E-state index in [2.05, 4.69) is 65.1 Å². The maximum Gasteiger partial charge on any atom is 0.0514 e. The van der Waals surface area contributed by atoms with E-state index in [-0.39, 0.29) is 0 Å². The highest BCUT2D eigenvalue weighted by molar-refractivity contribution is 9.10. The third-order valence-electron chi connectivity index (χ3n) is 5.30. The van der Waals surface area contributed by atoms with Crippen LogP contribution in [-0.2, 0) is 0 Å². The molecule has 1 aromatic rings. The molecule has 0 bridgehead atoms. The molecule has 0 radical (unpaired) electrons. The van der Waals surface area contributed by atoms with E-state index in [1.54, 1.807) is 0 Å². The molecular formula is C18H27BrN2. The highest BCUT2D eigenvalue weighted by Gasteiger charge is 2.42. The number of benzene rings is 1. The van der Waals surface area contributed by atoms with Crippen molar-refractivity contribution < 1.29 is 0 Å². The molecule has 2 aliphatic rings. The summed E-state index contributed by atoms with van der Waals surface area (Å²) in [6.07, 6.45) is 5.42. The Morgan fingerprint density at radius 2 is 2.00 bits per heavy atom. The fraction of sp³-hybridized carbons (Fsp3) is 0.667. The zero-order valence-corrected chi connectivity index (χ0v) is 15.0. The topological polar surface area (TPSA) is 15.3 Å². The maximum atomic E-state index is 3.90. The lowest BCUT2D eigenvalue weighted by atomic mass is 9.88. The molecule has 3 heteroatoms. The average Bonchev–Trinajstić information content (AvgIpc) is 2.86. The van der Waals surface area contributed by atoms with Crippen molar-refractivity contribution in [1.82, 2.24) is 5.32 Å². The highest BCUT2D eigenvalue weighted by atomic mass is 79.9. The Morgan fingerprint density at radius 1 is 1.29 bits per heavy atom. The molecule has 2 nitrogen and oxygen atoms in total. The molecular weight excluding hydrogens is 324 g/mol. The van der Waals surface area contributed by atoms with E-state index in [4.69, 9.17) is 0 Å². The van der Waals surface area contributed by atoms with Crippen molar-refractivity contribution in [3.05, 3.63) is 28.2 Å². The van der Waals surface area contributed by atoms with Crippen LogP contribution in [-0.4, -0.2) is 24.7 Å². The second-order valence-electron chi connectivity index (χ2n) is 7.26. The van der Waals surface area contributed by atoms with Crippen molar-refractivity contribution in [3.8, 4) is 0 Å². The first kappa shape index (κ1) is 15.4. The highest BCUT2D eigenvalue weighted by Crippen LogP contribution is 2.38. The number of halogens is 1. The normalized spacial score (nSPS) is 25.0. The third kappa shape index (κ3) is 3.00. The van der Waals surface area contributed by atoms with E-state index < -0.39 is 0 Å². The number of hydrogen-bond donors (Lipinski definition) is 1. The van der Waals surface area contributed by atoms with Crippen LogP contribution < -0.4 is 10.2 Å². The largest absolute Gasteiger partial charge is 0.364 e. The molecule has 1 unspecified atom stereocenters. The van der Waals surface area contributed by atoms with Crippen LogP contribution in [0.1, 0.15) is 45.1 Å². The number of piperazine rings is 1. The molecule has 1 saturated heterocycles. The van der Waals surface area contributed by atoms with E-state index in [0.29, 0.717) is 17.5 Å². The van der Waals surface area contributed by atoms with Gasteiger partial charge in [0, 0.05) is 29.1 Å². The third-order valence-corrected chi connectivity index (χ3v) is 5.94. The lowest BCUT2D eigenvalue weighted by molar-refractivity contribution is 0.245. The minimum Gasteiger partial charge on any atom is -0.364 e. The lowest BCUT2D eigenvalue weighted by Crippen LogP contribution is -2.64. The van der Waals surface area contributed by atoms with Crippen LogP contribution >= 0.6 is 15.9 Å². The van der Waals surface area contributed by atoms with Gasteiger partial charge >= 0.3 is 0 Å². The molecule has 1 spiro atoms. The molecule has 1 aliphatic carbocycles. The Hall–Kier alpha value is -0.540. The van der Waals surface area contributed by atoms with Crippen molar-refractivity contribution in [2.45, 2.75) is 58.0 Å². The zero-order chi connectivity index (χ0) is 15.0. The summed E-state index contributed by atoms with van der Waals surface area (Å²) in [5.74, 6) is 0.657. The molecule has 1 saturated carbocycles. The zero-order valence-electron chi connectivity index (χ0n) is 13.5. The summed E-state index contributed by atoms with van der Waals surface area (Å²) in [5, 5.41) is 3.90. The fourth-order valence-corrected chi connectivity index (χ4v) is 4.74. The van der Waals surface area contributed by atoms with Gasteiger partial charge in [0.25, 0.3) is 0 Å². The molecule has 2 fully saturated rings. The first-order chi connectivity index (χ1) is 10.0. The summed E-state index contributed by atoms with van der Waals surface area (Å²) >= 11 is 3.79. The van der Waals surface area contributed by atoms with Gasteiger partial charge in [-0.2, -0.15) is 0 Å². The van der Waals surface area contributed by atoms with E-state index in [1.165, 1.54) is 41.4 Å². The molecule has 1 heterocycles. The fourth-order valence-electron chi connectivity index (χ4n) is 4.02. The molecule has 0 amide bonds. The van der Waals surface area contributed by atoms with Gasteiger partial charge in [-0.3, -0.25) is 0 Å². The lowest BCUT2D eigenvalue weighted by Gasteiger charge is -2.49. The quantitative estimate of drug-likeness (QED) is 0.844. The molecule has 1 aliphatic heterocycles. The van der Waals surface area contributed by atoms with Crippen LogP contribution in [0.4, 0.5) is 5.69 Å². The van der Waals surface area contributed by atoms with Crippen LogP contribution in [0.25, 0.3) is 0 Å². The Labute approximate surface area is 137 Å². The van der Waals surface area contributed by atoms with Gasteiger partial charge in [-0.1, -0.05) is 32.8 Å². The summed E-state index contributed by atoms with van der Waals surface area (Å²) in [5.41, 5.74) is 3.04. The number of aryl methyl sites for hydroxylation is 1. The van der Waals surface area contributed by atoms with E-state index in [1.807, 2.05) is 0 Å². The summed E-state index contributed by atoms with van der Waals surface area (Å²) in [6, 6.07) is 7.36. The molecule has 0 aromatic heterocycles. The molecule has 1 N–H and O–H groups in total. The van der Waals surface area contributed by atoms with Crippen LogP contribution in [0.5, 0.6) is 0 Å². The Morgan fingerprint density at radius 3 is 2.62 bits per heavy atom. The Bertz CT molecular complexity index is 506. The molecule has 1 aromatic carbocycles.